The van der Waals surface area contributed by atoms with E-state index >= 15 is 0 Å². The molecule has 7 nitrogen and oxygen atoms in total. The molecule has 4 aromatic rings. The predicted octanol–water partition coefficient (Wildman–Crippen LogP) is 5.66. The average Bonchev–Trinajstić information content (AvgIpc) is 3.38. The lowest BCUT2D eigenvalue weighted by Gasteiger charge is -2.22. The van der Waals surface area contributed by atoms with Crippen LogP contribution in [0.2, 0.25) is 0 Å². The molecule has 8 heteroatoms. The Bertz CT molecular complexity index is 1580. The van der Waals surface area contributed by atoms with Crippen molar-refractivity contribution in [2.45, 2.75) is 47.1 Å². The number of carbonyl (C=O) groups excluding carboxylic acids is 2. The second kappa shape index (κ2) is 9.02. The van der Waals surface area contributed by atoms with Gasteiger partial charge in [0.15, 0.2) is 10.6 Å². The summed E-state index contributed by atoms with van der Waals surface area (Å²) >= 11 is 1.08. The van der Waals surface area contributed by atoms with Gasteiger partial charge < -0.3 is 9.15 Å². The Morgan fingerprint density at radius 3 is 2.44 bits per heavy atom. The van der Waals surface area contributed by atoms with E-state index in [1.54, 1.807) is 19.9 Å². The SMILES string of the molecule is CCOC(=O)c1sc(N2C(=O)c3oc4cc(C)c(C)cc4c(=O)c3C2c2ccc(CC)cc2)nc1C. The van der Waals surface area contributed by atoms with E-state index < -0.39 is 17.9 Å². The number of rotatable bonds is 5. The van der Waals surface area contributed by atoms with Crippen LogP contribution in [0.3, 0.4) is 0 Å². The highest BCUT2D eigenvalue weighted by molar-refractivity contribution is 7.17. The van der Waals surface area contributed by atoms with Crippen LogP contribution < -0.4 is 10.3 Å². The lowest BCUT2D eigenvalue weighted by atomic mass is 9.96. The topological polar surface area (TPSA) is 89.7 Å². The van der Waals surface area contributed by atoms with Crippen LogP contribution in [0.4, 0.5) is 5.13 Å². The maximum Gasteiger partial charge on any atom is 0.350 e. The van der Waals surface area contributed by atoms with Crippen LogP contribution in [-0.4, -0.2) is 23.5 Å². The fourth-order valence-electron chi connectivity index (χ4n) is 4.55. The van der Waals surface area contributed by atoms with Gasteiger partial charge in [-0.1, -0.05) is 42.5 Å². The van der Waals surface area contributed by atoms with E-state index in [2.05, 4.69) is 11.9 Å². The van der Waals surface area contributed by atoms with Gasteiger partial charge >= 0.3 is 5.97 Å². The summed E-state index contributed by atoms with van der Waals surface area (Å²) in [4.78, 5) is 46.5. The summed E-state index contributed by atoms with van der Waals surface area (Å²) in [5.41, 5.74) is 4.72. The average molecular weight is 503 g/mol. The van der Waals surface area contributed by atoms with Crippen molar-refractivity contribution in [3.8, 4) is 0 Å². The third kappa shape index (κ3) is 3.73. The van der Waals surface area contributed by atoms with Gasteiger partial charge in [-0.05, 0) is 68.5 Å². The molecule has 0 fully saturated rings. The zero-order valence-corrected chi connectivity index (χ0v) is 21.6. The molecule has 0 saturated carbocycles. The first-order valence-corrected chi connectivity index (χ1v) is 12.7. The predicted molar refractivity (Wildman–Crippen MR) is 139 cm³/mol. The van der Waals surface area contributed by atoms with Crippen molar-refractivity contribution < 1.29 is 18.7 Å². The minimum absolute atomic E-state index is 0.00542. The molecule has 0 radical (unpaired) electrons. The standard InChI is InChI=1S/C28H26N2O5S/c1-6-17-8-10-18(11-9-17)22-21-23(31)19-12-14(3)15(4)13-20(19)35-24(21)26(32)30(22)28-29-16(5)25(36-28)27(33)34-7-2/h8-13,22H,6-7H2,1-5H3. The Labute approximate surface area is 212 Å². The number of amides is 1. The number of aromatic nitrogens is 1. The molecule has 0 aliphatic carbocycles. The Balaban J connectivity index is 1.75. The number of nitrogens with zero attached hydrogens (tertiary/aromatic N) is 2. The number of aryl methyl sites for hydroxylation is 4. The molecule has 0 saturated heterocycles. The summed E-state index contributed by atoms with van der Waals surface area (Å²) in [6.07, 6.45) is 0.865. The zero-order chi connectivity index (χ0) is 25.7. The highest BCUT2D eigenvalue weighted by Gasteiger charge is 2.45. The largest absolute Gasteiger partial charge is 0.462 e. The van der Waals surface area contributed by atoms with Crippen LogP contribution in [0.1, 0.15) is 73.6 Å². The molecule has 1 unspecified atom stereocenters. The molecule has 2 aromatic heterocycles. The molecule has 0 N–H and O–H groups in total. The van der Waals surface area contributed by atoms with Crippen LogP contribution in [0.25, 0.3) is 11.0 Å². The number of anilines is 1. The van der Waals surface area contributed by atoms with Crippen LogP contribution in [0.15, 0.2) is 45.6 Å². The van der Waals surface area contributed by atoms with Gasteiger partial charge in [-0.2, -0.15) is 0 Å². The third-order valence-corrected chi connectivity index (χ3v) is 7.78. The quantitative estimate of drug-likeness (QED) is 0.327. The Morgan fingerprint density at radius 1 is 1.08 bits per heavy atom. The smallest absolute Gasteiger partial charge is 0.350 e. The summed E-state index contributed by atoms with van der Waals surface area (Å²) in [5.74, 6) is -0.945. The van der Waals surface area contributed by atoms with Crippen LogP contribution >= 0.6 is 11.3 Å². The van der Waals surface area contributed by atoms with E-state index in [1.165, 1.54) is 4.90 Å². The number of esters is 1. The number of thiazole rings is 1. The van der Waals surface area contributed by atoms with Crippen molar-refractivity contribution in [2.75, 3.05) is 11.5 Å². The molecule has 0 spiro atoms. The molecule has 3 heterocycles. The van der Waals surface area contributed by atoms with Gasteiger partial charge in [-0.25, -0.2) is 9.78 Å². The van der Waals surface area contributed by atoms with E-state index in [-0.39, 0.29) is 23.4 Å². The number of carbonyl (C=O) groups is 2. The van der Waals surface area contributed by atoms with Crippen molar-refractivity contribution in [1.82, 2.24) is 4.98 Å². The van der Waals surface area contributed by atoms with Gasteiger partial charge in [-0.3, -0.25) is 14.5 Å². The third-order valence-electron chi connectivity index (χ3n) is 6.64. The van der Waals surface area contributed by atoms with Crippen molar-refractivity contribution in [2.24, 2.45) is 0 Å². The molecule has 36 heavy (non-hydrogen) atoms. The maximum atomic E-state index is 13.8. The first-order valence-electron chi connectivity index (χ1n) is 11.9. The normalized spacial score (nSPS) is 15.0. The van der Waals surface area contributed by atoms with Gasteiger partial charge in [0.25, 0.3) is 5.91 Å². The van der Waals surface area contributed by atoms with E-state index in [1.807, 2.05) is 44.2 Å². The number of ether oxygens (including phenoxy) is 1. The molecule has 184 valence electrons. The van der Waals surface area contributed by atoms with E-state index in [0.717, 1.165) is 40.0 Å². The number of hydrogen-bond acceptors (Lipinski definition) is 7. The van der Waals surface area contributed by atoms with Gasteiger partial charge in [0.1, 0.15) is 10.5 Å². The molecular formula is C28H26N2O5S. The summed E-state index contributed by atoms with van der Waals surface area (Å²) in [6.45, 7) is 9.61. The molecule has 5 rings (SSSR count). The maximum absolute atomic E-state index is 13.8. The Kier molecular flexibility index (Phi) is 6.00. The fraction of sp³-hybridized carbons (Fsp3) is 0.286. The summed E-state index contributed by atoms with van der Waals surface area (Å²) in [6, 6.07) is 10.7. The number of hydrogen-bond donors (Lipinski definition) is 0. The highest BCUT2D eigenvalue weighted by Crippen LogP contribution is 2.43. The second-order valence-electron chi connectivity index (χ2n) is 8.91. The Morgan fingerprint density at radius 2 is 1.78 bits per heavy atom. The molecule has 2 aromatic carbocycles. The minimum Gasteiger partial charge on any atom is -0.462 e. The monoisotopic (exact) mass is 502 g/mol. The molecule has 1 aliphatic rings. The van der Waals surface area contributed by atoms with Crippen LogP contribution in [0, 0.1) is 20.8 Å². The number of fused-ring (bicyclic) bond motifs is 2. The van der Waals surface area contributed by atoms with Crippen molar-refractivity contribution in [3.05, 3.63) is 90.8 Å². The van der Waals surface area contributed by atoms with E-state index in [9.17, 15) is 14.4 Å². The van der Waals surface area contributed by atoms with Crippen molar-refractivity contribution in [3.63, 3.8) is 0 Å². The molecule has 1 atom stereocenters. The fourth-order valence-corrected chi connectivity index (χ4v) is 5.54. The van der Waals surface area contributed by atoms with Gasteiger partial charge in [-0.15, -0.1) is 0 Å². The first-order chi connectivity index (χ1) is 17.2. The summed E-state index contributed by atoms with van der Waals surface area (Å²) in [7, 11) is 0. The summed E-state index contributed by atoms with van der Waals surface area (Å²) < 4.78 is 11.3. The number of benzene rings is 2. The lowest BCUT2D eigenvalue weighted by molar-refractivity contribution is 0.0531. The Hall–Kier alpha value is -3.78. The second-order valence-corrected chi connectivity index (χ2v) is 9.89. The molecule has 0 bridgehead atoms. The molecular weight excluding hydrogens is 476 g/mol. The van der Waals surface area contributed by atoms with Crippen LogP contribution in [-0.2, 0) is 11.2 Å². The lowest BCUT2D eigenvalue weighted by Crippen LogP contribution is -2.29. The minimum atomic E-state index is -0.735. The highest BCUT2D eigenvalue weighted by atomic mass is 32.1. The van der Waals surface area contributed by atoms with Gasteiger partial charge in [0, 0.05) is 0 Å². The van der Waals surface area contributed by atoms with E-state index in [0.29, 0.717) is 26.7 Å². The van der Waals surface area contributed by atoms with Crippen molar-refractivity contribution >= 4 is 39.3 Å². The van der Waals surface area contributed by atoms with E-state index in [4.69, 9.17) is 9.15 Å². The van der Waals surface area contributed by atoms with Gasteiger partial charge in [0.2, 0.25) is 5.76 Å². The van der Waals surface area contributed by atoms with Gasteiger partial charge in [0.05, 0.1) is 29.3 Å². The molecule has 1 amide bonds. The zero-order valence-electron chi connectivity index (χ0n) is 20.8. The van der Waals surface area contributed by atoms with Crippen LogP contribution in [0.5, 0.6) is 0 Å². The molecule has 1 aliphatic heterocycles. The summed E-state index contributed by atoms with van der Waals surface area (Å²) in [5, 5.41) is 0.747. The van der Waals surface area contributed by atoms with Crippen molar-refractivity contribution in [1.29, 1.82) is 0 Å². The first kappa shape index (κ1) is 23.9.